The molecule has 1 aliphatic carbocycles. The molecule has 5 rings (SSSR count). The molecule has 2 fully saturated rings. The zero-order valence-corrected chi connectivity index (χ0v) is 18.4. The Labute approximate surface area is 192 Å². The summed E-state index contributed by atoms with van der Waals surface area (Å²) in [6.07, 6.45) is 7.70. The topological polar surface area (TPSA) is 78.6 Å². The molecule has 2 atom stereocenters. The van der Waals surface area contributed by atoms with Gasteiger partial charge in [-0.1, -0.05) is 37.5 Å². The number of rotatable bonds is 5. The van der Waals surface area contributed by atoms with Crippen LogP contribution >= 0.6 is 12.2 Å². The number of carboxylic acids is 1. The summed E-state index contributed by atoms with van der Waals surface area (Å²) in [5, 5.41) is 13.6. The second-order valence-electron chi connectivity index (χ2n) is 8.41. The molecule has 32 heavy (non-hydrogen) atoms. The zero-order chi connectivity index (χ0) is 22.1. The number of carbonyl (C=O) groups is 1. The van der Waals surface area contributed by atoms with Crippen molar-refractivity contribution in [3.8, 4) is 11.3 Å². The zero-order valence-electron chi connectivity index (χ0n) is 17.6. The fourth-order valence-electron chi connectivity index (χ4n) is 4.89. The molecule has 1 saturated carbocycles. The number of hydrogen-bond donors (Lipinski definition) is 2. The van der Waals surface area contributed by atoms with Crippen molar-refractivity contribution >= 4 is 23.3 Å². The largest absolute Gasteiger partial charge is 0.478 e. The lowest BCUT2D eigenvalue weighted by molar-refractivity contribution is 0.0697. The van der Waals surface area contributed by atoms with E-state index in [-0.39, 0.29) is 17.6 Å². The lowest BCUT2D eigenvalue weighted by Crippen LogP contribution is -2.40. The van der Waals surface area contributed by atoms with Gasteiger partial charge in [0.2, 0.25) is 0 Å². The Morgan fingerprint density at radius 1 is 1.09 bits per heavy atom. The molecule has 0 amide bonds. The van der Waals surface area contributed by atoms with Crippen LogP contribution in [0.2, 0.25) is 0 Å². The molecule has 2 aliphatic rings. The number of furan rings is 1. The van der Waals surface area contributed by atoms with Gasteiger partial charge >= 0.3 is 5.97 Å². The average Bonchev–Trinajstić information content (AvgIpc) is 3.45. The maximum atomic E-state index is 11.4. The predicted molar refractivity (Wildman–Crippen MR) is 125 cm³/mol. The Morgan fingerprint density at radius 3 is 2.69 bits per heavy atom. The van der Waals surface area contributed by atoms with Gasteiger partial charge in [0.05, 0.1) is 17.3 Å². The number of hydrogen-bond acceptors (Lipinski definition) is 4. The van der Waals surface area contributed by atoms with Gasteiger partial charge in [-0.3, -0.25) is 4.98 Å². The molecular weight excluding hydrogens is 422 g/mol. The smallest absolute Gasteiger partial charge is 0.335 e. The van der Waals surface area contributed by atoms with Crippen molar-refractivity contribution < 1.29 is 14.3 Å². The Bertz CT molecular complexity index is 1120. The van der Waals surface area contributed by atoms with Crippen LogP contribution in [0, 0.1) is 0 Å². The molecule has 3 aromatic rings. The highest BCUT2D eigenvalue weighted by Gasteiger charge is 2.44. The number of nitrogens with zero attached hydrogens (tertiary/aromatic N) is 2. The minimum atomic E-state index is -0.956. The summed E-state index contributed by atoms with van der Waals surface area (Å²) in [5.41, 5.74) is 1.90. The lowest BCUT2D eigenvalue weighted by Gasteiger charge is -2.36. The summed E-state index contributed by atoms with van der Waals surface area (Å²) >= 11 is 5.80. The molecule has 2 aromatic heterocycles. The van der Waals surface area contributed by atoms with Gasteiger partial charge in [-0.05, 0) is 61.5 Å². The molecule has 2 unspecified atom stereocenters. The van der Waals surface area contributed by atoms with E-state index in [1.165, 1.54) is 19.3 Å². The molecule has 0 bridgehead atoms. The first-order valence-electron chi connectivity index (χ1n) is 11.0. The number of thiocarbonyl (C=S) groups is 1. The number of benzene rings is 1. The van der Waals surface area contributed by atoms with Crippen molar-refractivity contribution in [2.75, 3.05) is 0 Å². The highest BCUT2D eigenvalue weighted by atomic mass is 32.1. The Morgan fingerprint density at radius 2 is 1.94 bits per heavy atom. The first kappa shape index (κ1) is 20.7. The van der Waals surface area contributed by atoms with Gasteiger partial charge in [0.15, 0.2) is 5.11 Å². The molecule has 2 N–H and O–H groups in total. The lowest BCUT2D eigenvalue weighted by atomic mass is 9.92. The minimum Gasteiger partial charge on any atom is -0.478 e. The van der Waals surface area contributed by atoms with Crippen molar-refractivity contribution in [3.63, 3.8) is 0 Å². The van der Waals surface area contributed by atoms with E-state index in [4.69, 9.17) is 16.6 Å². The molecule has 1 aromatic carbocycles. The van der Waals surface area contributed by atoms with Crippen LogP contribution in [0.1, 0.15) is 66.0 Å². The highest BCUT2D eigenvalue weighted by molar-refractivity contribution is 7.80. The van der Waals surface area contributed by atoms with Crippen LogP contribution in [0.25, 0.3) is 11.3 Å². The van der Waals surface area contributed by atoms with Gasteiger partial charge in [0, 0.05) is 17.8 Å². The molecule has 3 heterocycles. The van der Waals surface area contributed by atoms with Crippen LogP contribution < -0.4 is 5.32 Å². The summed E-state index contributed by atoms with van der Waals surface area (Å²) < 4.78 is 6.35. The fraction of sp³-hybridized carbons (Fsp3) is 0.320. The van der Waals surface area contributed by atoms with Gasteiger partial charge in [0.1, 0.15) is 17.6 Å². The molecule has 6 nitrogen and oxygen atoms in total. The van der Waals surface area contributed by atoms with E-state index in [1.54, 1.807) is 24.4 Å². The van der Waals surface area contributed by atoms with E-state index in [0.29, 0.717) is 11.8 Å². The Kier molecular flexibility index (Phi) is 5.66. The first-order chi connectivity index (χ1) is 15.6. The second-order valence-corrected chi connectivity index (χ2v) is 8.80. The molecule has 1 saturated heterocycles. The standard InChI is InChI=1S/C25H25N3O3S/c29-24(30)17-8-6-7-16(15-17)20-12-13-21(31-20)23-22(19-11-4-5-14-26-19)27-25(32)28(23)18-9-2-1-3-10-18/h4-8,11-15,18,22-23H,1-3,9-10H2,(H,27,32)(H,29,30). The molecule has 7 heteroatoms. The number of nitrogens with one attached hydrogen (secondary N) is 1. The number of aromatic carboxylic acids is 1. The van der Waals surface area contributed by atoms with Crippen LogP contribution in [-0.2, 0) is 0 Å². The number of carboxylic acid groups (broad SMARTS) is 1. The quantitative estimate of drug-likeness (QED) is 0.511. The van der Waals surface area contributed by atoms with Gasteiger partial charge < -0.3 is 19.7 Å². The van der Waals surface area contributed by atoms with Crippen molar-refractivity contribution in [1.82, 2.24) is 15.2 Å². The van der Waals surface area contributed by atoms with Crippen LogP contribution in [0.15, 0.2) is 65.2 Å². The van der Waals surface area contributed by atoms with Crippen molar-refractivity contribution in [1.29, 1.82) is 0 Å². The van der Waals surface area contributed by atoms with E-state index in [1.807, 2.05) is 36.4 Å². The van der Waals surface area contributed by atoms with E-state index in [0.717, 1.165) is 35.0 Å². The first-order valence-corrected chi connectivity index (χ1v) is 11.5. The Balaban J connectivity index is 1.53. The summed E-state index contributed by atoms with van der Waals surface area (Å²) in [7, 11) is 0. The van der Waals surface area contributed by atoms with Gasteiger partial charge in [-0.25, -0.2) is 4.79 Å². The van der Waals surface area contributed by atoms with Crippen molar-refractivity contribution in [3.05, 3.63) is 77.8 Å². The SMILES string of the molecule is O=C(O)c1cccc(-c2ccc(C3C(c4ccccn4)NC(=S)N3C3CCCCC3)o2)c1. The molecule has 164 valence electrons. The van der Waals surface area contributed by atoms with Crippen LogP contribution in [0.5, 0.6) is 0 Å². The molecular formula is C25H25N3O3S. The van der Waals surface area contributed by atoms with Crippen LogP contribution in [0.4, 0.5) is 0 Å². The summed E-state index contributed by atoms with van der Waals surface area (Å²) in [6, 6.07) is 16.7. The average molecular weight is 448 g/mol. The van der Waals surface area contributed by atoms with E-state index in [2.05, 4.69) is 15.2 Å². The minimum absolute atomic E-state index is 0.114. The van der Waals surface area contributed by atoms with Crippen molar-refractivity contribution in [2.24, 2.45) is 0 Å². The van der Waals surface area contributed by atoms with Gasteiger partial charge in [-0.2, -0.15) is 0 Å². The fourth-order valence-corrected chi connectivity index (χ4v) is 5.28. The van der Waals surface area contributed by atoms with Gasteiger partial charge in [0.25, 0.3) is 0 Å². The van der Waals surface area contributed by atoms with E-state index in [9.17, 15) is 9.90 Å². The van der Waals surface area contributed by atoms with Crippen LogP contribution in [0.3, 0.4) is 0 Å². The number of aromatic nitrogens is 1. The second kappa shape index (κ2) is 8.74. The van der Waals surface area contributed by atoms with Crippen molar-refractivity contribution in [2.45, 2.75) is 50.2 Å². The number of pyridine rings is 1. The summed E-state index contributed by atoms with van der Waals surface area (Å²) in [6.45, 7) is 0. The predicted octanol–water partition coefficient (Wildman–Crippen LogP) is 5.35. The molecule has 0 radical (unpaired) electrons. The van der Waals surface area contributed by atoms with E-state index < -0.39 is 5.97 Å². The molecule has 1 aliphatic heterocycles. The highest BCUT2D eigenvalue weighted by Crippen LogP contribution is 2.43. The summed E-state index contributed by atoms with van der Waals surface area (Å²) in [5.74, 6) is 0.487. The monoisotopic (exact) mass is 447 g/mol. The van der Waals surface area contributed by atoms with E-state index >= 15 is 0 Å². The Hall–Kier alpha value is -3.19. The maximum Gasteiger partial charge on any atom is 0.335 e. The summed E-state index contributed by atoms with van der Waals surface area (Å²) in [4.78, 5) is 18.3. The third-order valence-corrected chi connectivity index (χ3v) is 6.74. The van der Waals surface area contributed by atoms with Crippen LogP contribution in [-0.4, -0.2) is 32.1 Å². The normalized spacial score (nSPS) is 21.5. The maximum absolute atomic E-state index is 11.4. The third-order valence-electron chi connectivity index (χ3n) is 6.42. The molecule has 0 spiro atoms. The van der Waals surface area contributed by atoms with Gasteiger partial charge in [-0.15, -0.1) is 0 Å². The third kappa shape index (κ3) is 3.88.